The minimum atomic E-state index is -4.30. The number of carbonyl (C=O) groups is 1. The Labute approximate surface area is 172 Å². The Hall–Kier alpha value is -1.76. The number of alkyl halides is 3. The van der Waals surface area contributed by atoms with Crippen LogP contribution < -0.4 is 0 Å². The van der Waals surface area contributed by atoms with Crippen LogP contribution in [-0.4, -0.2) is 66.5 Å². The van der Waals surface area contributed by atoms with Crippen LogP contribution in [0.1, 0.15) is 50.7 Å². The van der Waals surface area contributed by atoms with Gasteiger partial charge in [0.2, 0.25) is 0 Å². The van der Waals surface area contributed by atoms with Gasteiger partial charge in [-0.1, -0.05) is 25.1 Å². The van der Waals surface area contributed by atoms with Crippen LogP contribution in [0.5, 0.6) is 0 Å². The molecule has 0 N–H and O–H groups in total. The average molecular weight is 414 g/mol. The number of carbonyl (C=O) groups excluding carboxylic acids is 1. The molecule has 1 aliphatic heterocycles. The summed E-state index contributed by atoms with van der Waals surface area (Å²) in [5.74, 6) is 0. The molecule has 1 heterocycles. The van der Waals surface area contributed by atoms with Gasteiger partial charge < -0.3 is 14.7 Å². The summed E-state index contributed by atoms with van der Waals surface area (Å²) >= 11 is 0. The average Bonchev–Trinajstić information content (AvgIpc) is 2.67. The van der Waals surface area contributed by atoms with Crippen LogP contribution in [0.15, 0.2) is 24.3 Å². The summed E-state index contributed by atoms with van der Waals surface area (Å²) < 4.78 is 38.9. The number of nitrogens with zero attached hydrogens (tertiary/aromatic N) is 3. The molecule has 0 aromatic heterocycles. The lowest BCUT2D eigenvalue weighted by Gasteiger charge is -2.34. The third kappa shape index (κ3) is 7.21. The Morgan fingerprint density at radius 2 is 1.93 bits per heavy atom. The number of urea groups is 1. The SMILES string of the molecule is CCCN(CCCCN1CCCN(C)C1=O)C(C)Cc1cccc(C(F)(F)F)c1. The Balaban J connectivity index is 1.84. The molecule has 0 aliphatic carbocycles. The van der Waals surface area contributed by atoms with Gasteiger partial charge in [-0.25, -0.2) is 4.79 Å². The maximum atomic E-state index is 13.0. The van der Waals surface area contributed by atoms with E-state index in [0.717, 1.165) is 70.0 Å². The van der Waals surface area contributed by atoms with Crippen LogP contribution in [0.4, 0.5) is 18.0 Å². The van der Waals surface area contributed by atoms with Gasteiger partial charge in [0.1, 0.15) is 0 Å². The molecule has 1 aromatic rings. The van der Waals surface area contributed by atoms with Gasteiger partial charge in [0.15, 0.2) is 0 Å². The lowest BCUT2D eigenvalue weighted by molar-refractivity contribution is -0.137. The number of amides is 2. The molecule has 1 atom stereocenters. The topological polar surface area (TPSA) is 26.8 Å². The van der Waals surface area contributed by atoms with E-state index in [0.29, 0.717) is 6.42 Å². The highest BCUT2D eigenvalue weighted by molar-refractivity contribution is 5.74. The molecule has 1 fully saturated rings. The van der Waals surface area contributed by atoms with E-state index in [1.807, 2.05) is 11.9 Å². The normalized spacial score (nSPS) is 16.6. The first-order valence-electron chi connectivity index (χ1n) is 10.6. The highest BCUT2D eigenvalue weighted by Crippen LogP contribution is 2.30. The van der Waals surface area contributed by atoms with Crippen molar-refractivity contribution in [3.8, 4) is 0 Å². The third-order valence-corrected chi connectivity index (χ3v) is 5.56. The van der Waals surface area contributed by atoms with Crippen molar-refractivity contribution < 1.29 is 18.0 Å². The lowest BCUT2D eigenvalue weighted by atomic mass is 10.0. The van der Waals surface area contributed by atoms with E-state index in [9.17, 15) is 18.0 Å². The van der Waals surface area contributed by atoms with Gasteiger partial charge in [0, 0.05) is 32.7 Å². The molecule has 1 unspecified atom stereocenters. The van der Waals surface area contributed by atoms with Gasteiger partial charge in [-0.05, 0) is 63.7 Å². The second-order valence-electron chi connectivity index (χ2n) is 8.04. The summed E-state index contributed by atoms with van der Waals surface area (Å²) in [6.07, 6.45) is 0.221. The molecule has 1 aromatic carbocycles. The summed E-state index contributed by atoms with van der Waals surface area (Å²) in [5.41, 5.74) is 0.135. The maximum absolute atomic E-state index is 13.0. The summed E-state index contributed by atoms with van der Waals surface area (Å²) in [6, 6.07) is 5.92. The molecule has 1 aliphatic rings. The van der Waals surface area contributed by atoms with Crippen molar-refractivity contribution in [1.29, 1.82) is 0 Å². The Morgan fingerprint density at radius 1 is 1.17 bits per heavy atom. The molecule has 0 radical (unpaired) electrons. The number of hydrogen-bond donors (Lipinski definition) is 0. The molecular weight excluding hydrogens is 379 g/mol. The Bertz CT molecular complexity index is 650. The summed E-state index contributed by atoms with van der Waals surface area (Å²) in [7, 11) is 1.84. The van der Waals surface area contributed by atoms with E-state index >= 15 is 0 Å². The van der Waals surface area contributed by atoms with Crippen molar-refractivity contribution in [1.82, 2.24) is 14.7 Å². The van der Waals surface area contributed by atoms with Crippen LogP contribution in [0.2, 0.25) is 0 Å². The van der Waals surface area contributed by atoms with Gasteiger partial charge >= 0.3 is 12.2 Å². The van der Waals surface area contributed by atoms with Crippen molar-refractivity contribution >= 4 is 6.03 Å². The van der Waals surface area contributed by atoms with Gasteiger partial charge in [-0.3, -0.25) is 0 Å². The fraction of sp³-hybridized carbons (Fsp3) is 0.682. The van der Waals surface area contributed by atoms with E-state index < -0.39 is 11.7 Å². The van der Waals surface area contributed by atoms with E-state index in [1.165, 1.54) is 12.1 Å². The summed E-state index contributed by atoms with van der Waals surface area (Å²) in [6.45, 7) is 8.44. The molecule has 29 heavy (non-hydrogen) atoms. The summed E-state index contributed by atoms with van der Waals surface area (Å²) in [4.78, 5) is 18.2. The minimum Gasteiger partial charge on any atom is -0.328 e. The van der Waals surface area contributed by atoms with E-state index in [2.05, 4.69) is 18.7 Å². The molecule has 1 saturated heterocycles. The number of unbranched alkanes of at least 4 members (excludes halogenated alkanes) is 1. The predicted molar refractivity (Wildman–Crippen MR) is 110 cm³/mol. The van der Waals surface area contributed by atoms with Crippen molar-refractivity contribution in [2.24, 2.45) is 0 Å². The highest BCUT2D eigenvalue weighted by atomic mass is 19.4. The molecule has 7 heteroatoms. The molecule has 2 amide bonds. The molecule has 2 rings (SSSR count). The quantitative estimate of drug-likeness (QED) is 0.511. The second-order valence-corrected chi connectivity index (χ2v) is 8.04. The predicted octanol–water partition coefficient (Wildman–Crippen LogP) is 4.89. The zero-order chi connectivity index (χ0) is 21.4. The van der Waals surface area contributed by atoms with Gasteiger partial charge in [0.25, 0.3) is 0 Å². The monoisotopic (exact) mass is 413 g/mol. The zero-order valence-electron chi connectivity index (χ0n) is 17.8. The molecule has 0 bridgehead atoms. The molecule has 4 nitrogen and oxygen atoms in total. The van der Waals surface area contributed by atoms with Crippen LogP contribution in [0, 0.1) is 0 Å². The first-order valence-corrected chi connectivity index (χ1v) is 10.6. The first-order chi connectivity index (χ1) is 13.7. The number of benzene rings is 1. The van der Waals surface area contributed by atoms with Gasteiger partial charge in [-0.15, -0.1) is 0 Å². The molecular formula is C22H34F3N3O. The minimum absolute atomic E-state index is 0.111. The zero-order valence-corrected chi connectivity index (χ0v) is 17.8. The van der Waals surface area contributed by atoms with Crippen LogP contribution >= 0.6 is 0 Å². The summed E-state index contributed by atoms with van der Waals surface area (Å²) in [5, 5.41) is 0. The molecule has 0 saturated carbocycles. The van der Waals surface area contributed by atoms with Crippen LogP contribution in [-0.2, 0) is 12.6 Å². The van der Waals surface area contributed by atoms with Crippen molar-refractivity contribution in [3.63, 3.8) is 0 Å². The second kappa shape index (κ2) is 10.9. The number of hydrogen-bond acceptors (Lipinski definition) is 2. The molecule has 164 valence electrons. The smallest absolute Gasteiger partial charge is 0.328 e. The van der Waals surface area contributed by atoms with Crippen molar-refractivity contribution in [3.05, 3.63) is 35.4 Å². The van der Waals surface area contributed by atoms with Crippen LogP contribution in [0.3, 0.4) is 0 Å². The van der Waals surface area contributed by atoms with E-state index in [1.54, 1.807) is 11.0 Å². The van der Waals surface area contributed by atoms with E-state index in [4.69, 9.17) is 0 Å². The largest absolute Gasteiger partial charge is 0.416 e. The van der Waals surface area contributed by atoms with Crippen molar-refractivity contribution in [2.75, 3.05) is 39.8 Å². The van der Waals surface area contributed by atoms with E-state index in [-0.39, 0.29) is 12.1 Å². The molecule has 0 spiro atoms. The van der Waals surface area contributed by atoms with Crippen LogP contribution in [0.25, 0.3) is 0 Å². The van der Waals surface area contributed by atoms with Gasteiger partial charge in [-0.2, -0.15) is 13.2 Å². The number of halogens is 3. The Kier molecular flexibility index (Phi) is 8.80. The first kappa shape index (κ1) is 23.5. The highest BCUT2D eigenvalue weighted by Gasteiger charge is 2.30. The number of rotatable bonds is 10. The fourth-order valence-electron chi connectivity index (χ4n) is 3.94. The Morgan fingerprint density at radius 3 is 2.62 bits per heavy atom. The van der Waals surface area contributed by atoms with Gasteiger partial charge in [0.05, 0.1) is 5.56 Å². The third-order valence-electron chi connectivity index (χ3n) is 5.56. The fourth-order valence-corrected chi connectivity index (χ4v) is 3.94. The standard InChI is InChI=1S/C22H34F3N3O/c1-4-11-27(13-5-6-14-28-15-8-12-26(3)21(28)29)18(2)16-19-9-7-10-20(17-19)22(23,24)25/h7,9-10,17-18H,4-6,8,11-16H2,1-3H3. The maximum Gasteiger partial charge on any atom is 0.416 e. The lowest BCUT2D eigenvalue weighted by Crippen LogP contribution is -2.47. The van der Waals surface area contributed by atoms with Crippen molar-refractivity contribution in [2.45, 2.75) is 58.2 Å².